The SMILES string of the molecule is COc1ccc(CNC(=O)CO/N=C(\N)c2cccc(Cl)c2)cc1. The van der Waals surface area contributed by atoms with Crippen molar-refractivity contribution in [3.8, 4) is 5.75 Å². The van der Waals surface area contributed by atoms with Crippen molar-refractivity contribution in [3.63, 3.8) is 0 Å². The monoisotopic (exact) mass is 347 g/mol. The average Bonchev–Trinajstić information content (AvgIpc) is 2.60. The number of carbonyl (C=O) groups excluding carboxylic acids is 1. The van der Waals surface area contributed by atoms with Crippen LogP contribution in [0.3, 0.4) is 0 Å². The van der Waals surface area contributed by atoms with Gasteiger partial charge in [-0.2, -0.15) is 0 Å². The van der Waals surface area contributed by atoms with E-state index < -0.39 is 0 Å². The second kappa shape index (κ2) is 8.79. The average molecular weight is 348 g/mol. The molecule has 0 radical (unpaired) electrons. The second-order valence-corrected chi connectivity index (χ2v) is 5.32. The highest BCUT2D eigenvalue weighted by atomic mass is 35.5. The van der Waals surface area contributed by atoms with Gasteiger partial charge in [0.15, 0.2) is 12.4 Å². The summed E-state index contributed by atoms with van der Waals surface area (Å²) in [6, 6.07) is 14.3. The van der Waals surface area contributed by atoms with Crippen LogP contribution < -0.4 is 15.8 Å². The van der Waals surface area contributed by atoms with Crippen molar-refractivity contribution in [2.24, 2.45) is 10.9 Å². The minimum Gasteiger partial charge on any atom is -0.497 e. The van der Waals surface area contributed by atoms with E-state index in [2.05, 4.69) is 10.5 Å². The van der Waals surface area contributed by atoms with Crippen LogP contribution in [-0.4, -0.2) is 25.5 Å². The molecule has 2 rings (SSSR count). The molecule has 2 aromatic rings. The minimum absolute atomic E-state index is 0.153. The van der Waals surface area contributed by atoms with Crippen molar-refractivity contribution in [1.82, 2.24) is 5.32 Å². The quantitative estimate of drug-likeness (QED) is 0.457. The second-order valence-electron chi connectivity index (χ2n) is 4.89. The fourth-order valence-corrected chi connectivity index (χ4v) is 2.05. The summed E-state index contributed by atoms with van der Waals surface area (Å²) in [5.41, 5.74) is 7.34. The van der Waals surface area contributed by atoms with E-state index in [4.69, 9.17) is 26.9 Å². The van der Waals surface area contributed by atoms with Crippen LogP contribution in [0.25, 0.3) is 0 Å². The summed E-state index contributed by atoms with van der Waals surface area (Å²) < 4.78 is 5.07. The van der Waals surface area contributed by atoms with Crippen molar-refractivity contribution in [2.75, 3.05) is 13.7 Å². The van der Waals surface area contributed by atoms with Gasteiger partial charge in [-0.3, -0.25) is 4.79 Å². The van der Waals surface area contributed by atoms with Crippen molar-refractivity contribution < 1.29 is 14.4 Å². The molecule has 3 N–H and O–H groups in total. The van der Waals surface area contributed by atoms with Gasteiger partial charge in [0.1, 0.15) is 5.75 Å². The van der Waals surface area contributed by atoms with Crippen LogP contribution in [0.1, 0.15) is 11.1 Å². The Kier molecular flexibility index (Phi) is 6.45. The van der Waals surface area contributed by atoms with E-state index in [1.807, 2.05) is 24.3 Å². The third kappa shape index (κ3) is 5.48. The largest absolute Gasteiger partial charge is 0.497 e. The zero-order chi connectivity index (χ0) is 17.4. The Morgan fingerprint density at radius 3 is 2.67 bits per heavy atom. The smallest absolute Gasteiger partial charge is 0.261 e. The van der Waals surface area contributed by atoms with Gasteiger partial charge in [0, 0.05) is 17.1 Å². The Bertz CT molecular complexity index is 717. The normalized spacial score (nSPS) is 11.0. The van der Waals surface area contributed by atoms with Gasteiger partial charge in [-0.25, -0.2) is 0 Å². The maximum Gasteiger partial charge on any atom is 0.261 e. The Hall–Kier alpha value is -2.73. The number of halogens is 1. The maximum absolute atomic E-state index is 11.7. The molecule has 0 fully saturated rings. The number of nitrogens with zero attached hydrogens (tertiary/aromatic N) is 1. The standard InChI is InChI=1S/C17H18ClN3O3/c1-23-15-7-5-12(6-8-15)10-20-16(22)11-24-21-17(19)13-3-2-4-14(18)9-13/h2-9H,10-11H2,1H3,(H2,19,21)(H,20,22). The van der Waals surface area contributed by atoms with E-state index in [9.17, 15) is 4.79 Å². The number of nitrogens with two attached hydrogens (primary N) is 1. The molecule has 0 aliphatic rings. The van der Waals surface area contributed by atoms with E-state index in [1.54, 1.807) is 31.4 Å². The molecule has 0 aromatic heterocycles. The number of oxime groups is 1. The Labute approximate surface area is 145 Å². The molecule has 0 spiro atoms. The third-order valence-corrected chi connectivity index (χ3v) is 3.36. The first kappa shape index (κ1) is 17.6. The first-order valence-corrected chi connectivity index (χ1v) is 7.57. The Balaban J connectivity index is 1.77. The van der Waals surface area contributed by atoms with Gasteiger partial charge >= 0.3 is 0 Å². The van der Waals surface area contributed by atoms with E-state index in [1.165, 1.54) is 0 Å². The van der Waals surface area contributed by atoms with Crippen LogP contribution in [-0.2, 0) is 16.2 Å². The Morgan fingerprint density at radius 1 is 1.25 bits per heavy atom. The molecule has 126 valence electrons. The zero-order valence-corrected chi connectivity index (χ0v) is 13.9. The van der Waals surface area contributed by atoms with Crippen LogP contribution in [0.5, 0.6) is 5.75 Å². The number of rotatable bonds is 7. The predicted octanol–water partition coefficient (Wildman–Crippen LogP) is 2.30. The maximum atomic E-state index is 11.7. The highest BCUT2D eigenvalue weighted by Gasteiger charge is 2.04. The van der Waals surface area contributed by atoms with Crippen LogP contribution in [0, 0.1) is 0 Å². The Morgan fingerprint density at radius 2 is 2.00 bits per heavy atom. The molecule has 0 saturated carbocycles. The number of hydrogen-bond donors (Lipinski definition) is 2. The van der Waals surface area contributed by atoms with Gasteiger partial charge in [-0.05, 0) is 29.8 Å². The summed E-state index contributed by atoms with van der Waals surface area (Å²) in [6.07, 6.45) is 0. The summed E-state index contributed by atoms with van der Waals surface area (Å²) in [7, 11) is 1.60. The summed E-state index contributed by atoms with van der Waals surface area (Å²) >= 11 is 5.87. The number of carbonyl (C=O) groups is 1. The van der Waals surface area contributed by atoms with Crippen molar-refractivity contribution >= 4 is 23.3 Å². The van der Waals surface area contributed by atoms with Crippen LogP contribution >= 0.6 is 11.6 Å². The predicted molar refractivity (Wildman–Crippen MR) is 93.0 cm³/mol. The molecule has 0 aliphatic heterocycles. The molecular formula is C17H18ClN3O3. The fraction of sp³-hybridized carbons (Fsp3) is 0.176. The molecule has 1 amide bonds. The number of ether oxygens (including phenoxy) is 1. The van der Waals surface area contributed by atoms with Gasteiger partial charge in [0.25, 0.3) is 5.91 Å². The highest BCUT2D eigenvalue weighted by molar-refractivity contribution is 6.31. The summed E-state index contributed by atoms with van der Waals surface area (Å²) in [5, 5.41) is 6.98. The number of nitrogens with one attached hydrogen (secondary N) is 1. The van der Waals surface area contributed by atoms with Crippen molar-refractivity contribution in [2.45, 2.75) is 6.54 Å². The van der Waals surface area contributed by atoms with Crippen molar-refractivity contribution in [1.29, 1.82) is 0 Å². The van der Waals surface area contributed by atoms with Gasteiger partial charge in [-0.15, -0.1) is 0 Å². The molecule has 0 atom stereocenters. The van der Waals surface area contributed by atoms with Crippen LogP contribution in [0.2, 0.25) is 5.02 Å². The number of amides is 1. The molecule has 7 heteroatoms. The van der Waals surface area contributed by atoms with Gasteiger partial charge < -0.3 is 20.6 Å². The first-order valence-electron chi connectivity index (χ1n) is 7.19. The lowest BCUT2D eigenvalue weighted by atomic mass is 10.2. The number of methoxy groups -OCH3 is 1. The number of benzene rings is 2. The number of hydrogen-bond acceptors (Lipinski definition) is 4. The minimum atomic E-state index is -0.298. The van der Waals surface area contributed by atoms with Gasteiger partial charge in [-0.1, -0.05) is 41.0 Å². The molecular weight excluding hydrogens is 330 g/mol. The highest BCUT2D eigenvalue weighted by Crippen LogP contribution is 2.11. The molecule has 2 aromatic carbocycles. The first-order chi connectivity index (χ1) is 11.6. The molecule has 0 unspecified atom stereocenters. The van der Waals surface area contributed by atoms with E-state index in [-0.39, 0.29) is 18.3 Å². The van der Waals surface area contributed by atoms with Gasteiger partial charge in [0.05, 0.1) is 7.11 Å². The fourth-order valence-electron chi connectivity index (χ4n) is 1.86. The van der Waals surface area contributed by atoms with E-state index >= 15 is 0 Å². The van der Waals surface area contributed by atoms with Crippen molar-refractivity contribution in [3.05, 3.63) is 64.7 Å². The molecule has 0 aliphatic carbocycles. The molecule has 6 nitrogen and oxygen atoms in total. The summed E-state index contributed by atoms with van der Waals surface area (Å²) in [4.78, 5) is 16.7. The summed E-state index contributed by atoms with van der Waals surface area (Å²) in [6.45, 7) is 0.164. The van der Waals surface area contributed by atoms with Crippen LogP contribution in [0.15, 0.2) is 53.7 Å². The van der Waals surface area contributed by atoms with Gasteiger partial charge in [0.2, 0.25) is 0 Å². The lowest BCUT2D eigenvalue weighted by Crippen LogP contribution is -2.27. The number of amidine groups is 1. The lowest BCUT2D eigenvalue weighted by molar-refractivity contribution is -0.125. The van der Waals surface area contributed by atoms with E-state index in [0.717, 1.165) is 11.3 Å². The topological polar surface area (TPSA) is 85.9 Å². The molecule has 0 heterocycles. The van der Waals surface area contributed by atoms with E-state index in [0.29, 0.717) is 17.1 Å². The molecule has 24 heavy (non-hydrogen) atoms. The molecule has 0 saturated heterocycles. The summed E-state index contributed by atoms with van der Waals surface area (Å²) in [5.74, 6) is 0.619. The zero-order valence-electron chi connectivity index (χ0n) is 13.2. The lowest BCUT2D eigenvalue weighted by Gasteiger charge is -2.06. The molecule has 0 bridgehead atoms. The third-order valence-electron chi connectivity index (χ3n) is 3.13. The van der Waals surface area contributed by atoms with Crippen LogP contribution in [0.4, 0.5) is 0 Å².